The molecule has 0 aromatic heterocycles. The van der Waals surface area contributed by atoms with E-state index in [-0.39, 0.29) is 5.54 Å². The topological polar surface area (TPSA) is 26.0 Å². The first kappa shape index (κ1) is 12.0. The lowest BCUT2D eigenvalue weighted by Gasteiger charge is -2.27. The van der Waals surface area contributed by atoms with E-state index in [1.165, 1.54) is 32.1 Å². The van der Waals surface area contributed by atoms with E-state index in [0.29, 0.717) is 5.92 Å². The van der Waals surface area contributed by atoms with Crippen molar-refractivity contribution in [2.75, 3.05) is 0 Å². The molecule has 12 heavy (non-hydrogen) atoms. The second-order valence-corrected chi connectivity index (χ2v) is 4.57. The van der Waals surface area contributed by atoms with Gasteiger partial charge < -0.3 is 5.73 Å². The summed E-state index contributed by atoms with van der Waals surface area (Å²) in [6.07, 6.45) is 6.69. The molecular formula is C11H25N. The Morgan fingerprint density at radius 1 is 1.17 bits per heavy atom. The monoisotopic (exact) mass is 171 g/mol. The molecule has 0 spiro atoms. The summed E-state index contributed by atoms with van der Waals surface area (Å²) in [5.41, 5.74) is 6.00. The van der Waals surface area contributed by atoms with Gasteiger partial charge in [0.15, 0.2) is 0 Å². The second-order valence-electron chi connectivity index (χ2n) is 4.57. The maximum Gasteiger partial charge on any atom is 0.0123 e. The van der Waals surface area contributed by atoms with E-state index >= 15 is 0 Å². The number of unbranched alkanes of at least 4 members (excludes halogenated alkanes) is 3. The Bertz CT molecular complexity index is 102. The second kappa shape index (κ2) is 5.58. The average Bonchev–Trinajstić information content (AvgIpc) is 1.96. The minimum atomic E-state index is 0.00617. The molecule has 1 unspecified atom stereocenters. The van der Waals surface area contributed by atoms with Crippen molar-refractivity contribution < 1.29 is 0 Å². The summed E-state index contributed by atoms with van der Waals surface area (Å²) in [6, 6.07) is 0. The molecule has 74 valence electrons. The molecule has 0 saturated heterocycles. The first-order valence-corrected chi connectivity index (χ1v) is 5.27. The Balaban J connectivity index is 3.38. The molecule has 0 aromatic rings. The highest BCUT2D eigenvalue weighted by Gasteiger charge is 2.19. The molecule has 0 bridgehead atoms. The molecule has 0 saturated carbocycles. The summed E-state index contributed by atoms with van der Waals surface area (Å²) in [5, 5.41) is 0. The Hall–Kier alpha value is -0.0400. The van der Waals surface area contributed by atoms with E-state index in [4.69, 9.17) is 5.73 Å². The van der Waals surface area contributed by atoms with Gasteiger partial charge in [0.2, 0.25) is 0 Å². The number of hydrogen-bond acceptors (Lipinski definition) is 1. The summed E-state index contributed by atoms with van der Waals surface area (Å²) in [7, 11) is 0. The van der Waals surface area contributed by atoms with Crippen LogP contribution in [0.5, 0.6) is 0 Å². The minimum Gasteiger partial charge on any atom is -0.325 e. The molecule has 2 N–H and O–H groups in total. The van der Waals surface area contributed by atoms with Crippen LogP contribution in [0, 0.1) is 5.92 Å². The Kier molecular flexibility index (Phi) is 5.56. The Morgan fingerprint density at radius 2 is 1.75 bits per heavy atom. The van der Waals surface area contributed by atoms with Crippen LogP contribution in [0.4, 0.5) is 0 Å². The van der Waals surface area contributed by atoms with Crippen LogP contribution < -0.4 is 5.73 Å². The molecule has 1 heteroatoms. The highest BCUT2D eigenvalue weighted by molar-refractivity contribution is 4.78. The van der Waals surface area contributed by atoms with E-state index in [0.717, 1.165) is 0 Å². The lowest BCUT2D eigenvalue weighted by atomic mass is 9.86. The van der Waals surface area contributed by atoms with E-state index in [1.54, 1.807) is 0 Å². The lowest BCUT2D eigenvalue weighted by molar-refractivity contribution is 0.317. The fourth-order valence-electron chi connectivity index (χ4n) is 1.25. The fraction of sp³-hybridized carbons (Fsp3) is 1.00. The molecule has 1 nitrogen and oxygen atoms in total. The molecule has 1 atom stereocenters. The molecule has 0 fully saturated rings. The third-order valence-electron chi connectivity index (χ3n) is 2.76. The van der Waals surface area contributed by atoms with Gasteiger partial charge >= 0.3 is 0 Å². The summed E-state index contributed by atoms with van der Waals surface area (Å²) in [6.45, 7) is 8.75. The van der Waals surface area contributed by atoms with Gasteiger partial charge in [0, 0.05) is 5.54 Å². The van der Waals surface area contributed by atoms with E-state index in [1.807, 2.05) is 0 Å². The van der Waals surface area contributed by atoms with Crippen LogP contribution in [-0.4, -0.2) is 5.54 Å². The number of nitrogens with two attached hydrogens (primary N) is 1. The Morgan fingerprint density at radius 3 is 2.17 bits per heavy atom. The van der Waals surface area contributed by atoms with Gasteiger partial charge in [-0.2, -0.15) is 0 Å². The predicted octanol–water partition coefficient (Wildman–Crippen LogP) is 3.33. The third-order valence-corrected chi connectivity index (χ3v) is 2.76. The van der Waals surface area contributed by atoms with Crippen LogP contribution in [0.3, 0.4) is 0 Å². The highest BCUT2D eigenvalue weighted by Crippen LogP contribution is 2.19. The van der Waals surface area contributed by atoms with Crippen molar-refractivity contribution in [3.05, 3.63) is 0 Å². The maximum absolute atomic E-state index is 5.99. The van der Waals surface area contributed by atoms with E-state index < -0.39 is 0 Å². The first-order chi connectivity index (χ1) is 5.48. The smallest absolute Gasteiger partial charge is 0.0123 e. The maximum atomic E-state index is 5.99. The summed E-state index contributed by atoms with van der Waals surface area (Å²) < 4.78 is 0. The van der Waals surface area contributed by atoms with Crippen LogP contribution in [0.1, 0.15) is 59.8 Å². The SMILES string of the molecule is CCCCCCC(C)C(C)(C)N. The van der Waals surface area contributed by atoms with Crippen molar-refractivity contribution in [2.45, 2.75) is 65.3 Å². The van der Waals surface area contributed by atoms with E-state index in [2.05, 4.69) is 27.7 Å². The summed E-state index contributed by atoms with van der Waals surface area (Å²) in [5.74, 6) is 0.648. The Labute approximate surface area is 77.7 Å². The molecule has 0 aliphatic heterocycles. The molecule has 0 amide bonds. The first-order valence-electron chi connectivity index (χ1n) is 5.27. The van der Waals surface area contributed by atoms with Gasteiger partial charge in [-0.25, -0.2) is 0 Å². The largest absolute Gasteiger partial charge is 0.325 e. The zero-order valence-electron chi connectivity index (χ0n) is 9.19. The van der Waals surface area contributed by atoms with Crippen molar-refractivity contribution in [3.8, 4) is 0 Å². The molecule has 0 heterocycles. The van der Waals surface area contributed by atoms with Crippen LogP contribution >= 0.6 is 0 Å². The number of hydrogen-bond donors (Lipinski definition) is 1. The van der Waals surface area contributed by atoms with Gasteiger partial charge in [0.25, 0.3) is 0 Å². The van der Waals surface area contributed by atoms with Gasteiger partial charge in [-0.1, -0.05) is 39.5 Å². The van der Waals surface area contributed by atoms with Crippen LogP contribution in [0.25, 0.3) is 0 Å². The molecule has 0 radical (unpaired) electrons. The van der Waals surface area contributed by atoms with Crippen LogP contribution in [0.2, 0.25) is 0 Å². The van der Waals surface area contributed by atoms with Crippen LogP contribution in [-0.2, 0) is 0 Å². The molecule has 0 rings (SSSR count). The van der Waals surface area contributed by atoms with Crippen molar-refractivity contribution in [2.24, 2.45) is 11.7 Å². The normalized spacial score (nSPS) is 14.8. The van der Waals surface area contributed by atoms with Crippen molar-refractivity contribution in [1.29, 1.82) is 0 Å². The van der Waals surface area contributed by atoms with Gasteiger partial charge in [-0.3, -0.25) is 0 Å². The predicted molar refractivity (Wildman–Crippen MR) is 56.2 cm³/mol. The van der Waals surface area contributed by atoms with Crippen molar-refractivity contribution >= 4 is 0 Å². The molecule has 0 aliphatic carbocycles. The zero-order valence-corrected chi connectivity index (χ0v) is 9.19. The molecule has 0 aromatic carbocycles. The van der Waals surface area contributed by atoms with Crippen molar-refractivity contribution in [3.63, 3.8) is 0 Å². The highest BCUT2D eigenvalue weighted by atomic mass is 14.7. The zero-order chi connectivity index (χ0) is 9.61. The third kappa shape index (κ3) is 5.59. The van der Waals surface area contributed by atoms with Gasteiger partial charge in [0.1, 0.15) is 0 Å². The fourth-order valence-corrected chi connectivity index (χ4v) is 1.25. The van der Waals surface area contributed by atoms with Crippen LogP contribution in [0.15, 0.2) is 0 Å². The van der Waals surface area contributed by atoms with Gasteiger partial charge in [-0.05, 0) is 26.2 Å². The molecule has 0 aliphatic rings. The van der Waals surface area contributed by atoms with Gasteiger partial charge in [-0.15, -0.1) is 0 Å². The lowest BCUT2D eigenvalue weighted by Crippen LogP contribution is -2.39. The minimum absolute atomic E-state index is 0.00617. The standard InChI is InChI=1S/C11H25N/c1-5-6-7-8-9-10(2)11(3,4)12/h10H,5-9,12H2,1-4H3. The average molecular weight is 171 g/mol. The number of rotatable bonds is 6. The summed E-state index contributed by atoms with van der Waals surface area (Å²) in [4.78, 5) is 0. The quantitative estimate of drug-likeness (QED) is 0.609. The van der Waals surface area contributed by atoms with Crippen molar-refractivity contribution in [1.82, 2.24) is 0 Å². The van der Waals surface area contributed by atoms with Gasteiger partial charge in [0.05, 0.1) is 0 Å². The summed E-state index contributed by atoms with van der Waals surface area (Å²) >= 11 is 0. The molecular weight excluding hydrogens is 146 g/mol. The van der Waals surface area contributed by atoms with E-state index in [9.17, 15) is 0 Å².